The second-order valence-electron chi connectivity index (χ2n) is 8.88. The van der Waals surface area contributed by atoms with E-state index < -0.39 is 11.0 Å². The second-order valence-corrected chi connectivity index (χ2v) is 9.53. The molecule has 3 rings (SSSR count). The Labute approximate surface area is 177 Å². The SMILES string of the molecule is CC(Cl)C(=O)N1CCCC(c2cc(N3CCN(C(=O)OC(C)(C)C)CC3)n[nH]2)C1. The van der Waals surface area contributed by atoms with E-state index in [0.717, 1.165) is 30.9 Å². The smallest absolute Gasteiger partial charge is 0.410 e. The number of piperidine rings is 1. The van der Waals surface area contributed by atoms with Crippen molar-refractivity contribution in [2.45, 2.75) is 57.4 Å². The lowest BCUT2D eigenvalue weighted by molar-refractivity contribution is -0.131. The molecule has 0 spiro atoms. The zero-order valence-electron chi connectivity index (χ0n) is 17.8. The molecule has 9 heteroatoms. The van der Waals surface area contributed by atoms with Crippen LogP contribution in [0.4, 0.5) is 10.6 Å². The third-order valence-electron chi connectivity index (χ3n) is 5.35. The first-order valence-electron chi connectivity index (χ1n) is 10.3. The average Bonchev–Trinajstić information content (AvgIpc) is 3.16. The summed E-state index contributed by atoms with van der Waals surface area (Å²) >= 11 is 5.98. The van der Waals surface area contributed by atoms with Gasteiger partial charge in [-0.15, -0.1) is 11.6 Å². The standard InChI is InChI=1S/C20H32ClN5O3/c1-14(21)18(27)26-7-5-6-15(13-26)16-12-17(23-22-16)24-8-10-25(11-9-24)19(28)29-20(2,3)4/h12,14-15H,5-11,13H2,1-4H3,(H,22,23). The van der Waals surface area contributed by atoms with Crippen molar-refractivity contribution < 1.29 is 14.3 Å². The fourth-order valence-corrected chi connectivity index (χ4v) is 3.96. The summed E-state index contributed by atoms with van der Waals surface area (Å²) in [5.41, 5.74) is 0.566. The predicted octanol–water partition coefficient (Wildman–Crippen LogP) is 2.80. The number of nitrogens with zero attached hydrogens (tertiary/aromatic N) is 4. The number of likely N-dealkylation sites (tertiary alicyclic amines) is 1. The van der Waals surface area contributed by atoms with Crippen LogP contribution in [0.15, 0.2) is 6.07 Å². The molecular weight excluding hydrogens is 394 g/mol. The second kappa shape index (κ2) is 8.81. The maximum Gasteiger partial charge on any atom is 0.410 e. The van der Waals surface area contributed by atoms with Crippen molar-refractivity contribution in [1.82, 2.24) is 20.0 Å². The molecule has 2 atom stereocenters. The molecular formula is C20H32ClN5O3. The number of H-pyrrole nitrogens is 1. The maximum absolute atomic E-state index is 12.2. The summed E-state index contributed by atoms with van der Waals surface area (Å²) in [5, 5.41) is 7.15. The van der Waals surface area contributed by atoms with Gasteiger partial charge in [-0.2, -0.15) is 5.10 Å². The van der Waals surface area contributed by atoms with E-state index in [2.05, 4.69) is 21.2 Å². The number of carbonyl (C=O) groups excluding carboxylic acids is 2. The molecule has 3 heterocycles. The fourth-order valence-electron chi connectivity index (χ4n) is 3.82. The molecule has 0 radical (unpaired) electrons. The van der Waals surface area contributed by atoms with Crippen molar-refractivity contribution in [3.05, 3.63) is 11.8 Å². The first kappa shape index (κ1) is 21.7. The van der Waals surface area contributed by atoms with Crippen LogP contribution in [0.5, 0.6) is 0 Å². The summed E-state index contributed by atoms with van der Waals surface area (Å²) in [5.74, 6) is 1.12. The van der Waals surface area contributed by atoms with E-state index in [9.17, 15) is 9.59 Å². The Morgan fingerprint density at radius 3 is 2.52 bits per heavy atom. The van der Waals surface area contributed by atoms with Crippen LogP contribution < -0.4 is 4.90 Å². The number of piperazine rings is 1. The van der Waals surface area contributed by atoms with Gasteiger partial charge in [0.15, 0.2) is 5.82 Å². The van der Waals surface area contributed by atoms with Gasteiger partial charge in [-0.3, -0.25) is 9.89 Å². The fraction of sp³-hybridized carbons (Fsp3) is 0.750. The van der Waals surface area contributed by atoms with Gasteiger partial charge in [0, 0.05) is 56.9 Å². The van der Waals surface area contributed by atoms with E-state index in [1.807, 2.05) is 25.7 Å². The van der Waals surface area contributed by atoms with Gasteiger partial charge in [-0.05, 0) is 40.5 Å². The Morgan fingerprint density at radius 2 is 1.90 bits per heavy atom. The number of halogens is 1. The monoisotopic (exact) mass is 425 g/mol. The van der Waals surface area contributed by atoms with Gasteiger partial charge in [-0.1, -0.05) is 0 Å². The van der Waals surface area contributed by atoms with Crippen molar-refractivity contribution in [2.75, 3.05) is 44.2 Å². The van der Waals surface area contributed by atoms with Gasteiger partial charge in [-0.25, -0.2) is 4.79 Å². The summed E-state index contributed by atoms with van der Waals surface area (Å²) in [6.07, 6.45) is 1.72. The largest absolute Gasteiger partial charge is 0.444 e. The van der Waals surface area contributed by atoms with E-state index in [4.69, 9.17) is 16.3 Å². The van der Waals surface area contributed by atoms with Gasteiger partial charge < -0.3 is 19.4 Å². The minimum absolute atomic E-state index is 0.00521. The number of alkyl halides is 1. The van der Waals surface area contributed by atoms with E-state index in [1.54, 1.807) is 11.8 Å². The average molecular weight is 426 g/mol. The molecule has 8 nitrogen and oxygen atoms in total. The summed E-state index contributed by atoms with van der Waals surface area (Å²) in [6.45, 7) is 11.4. The number of anilines is 1. The molecule has 1 aromatic rings. The third-order valence-corrected chi connectivity index (χ3v) is 5.54. The molecule has 1 aromatic heterocycles. The van der Waals surface area contributed by atoms with Crippen LogP contribution in [-0.2, 0) is 9.53 Å². The summed E-state index contributed by atoms with van der Waals surface area (Å²) in [6, 6.07) is 2.08. The van der Waals surface area contributed by atoms with Crippen LogP contribution >= 0.6 is 11.6 Å². The number of nitrogens with one attached hydrogen (secondary N) is 1. The van der Waals surface area contributed by atoms with Crippen LogP contribution in [0.1, 0.15) is 52.1 Å². The first-order chi connectivity index (χ1) is 13.6. The first-order valence-corrected chi connectivity index (χ1v) is 10.8. The minimum atomic E-state index is -0.493. The van der Waals surface area contributed by atoms with Crippen molar-refractivity contribution in [1.29, 1.82) is 0 Å². The Bertz CT molecular complexity index is 722. The number of amides is 2. The van der Waals surface area contributed by atoms with E-state index in [-0.39, 0.29) is 17.9 Å². The zero-order chi connectivity index (χ0) is 21.2. The number of carbonyl (C=O) groups is 2. The predicted molar refractivity (Wildman–Crippen MR) is 112 cm³/mol. The number of hydrogen-bond donors (Lipinski definition) is 1. The van der Waals surface area contributed by atoms with Crippen molar-refractivity contribution in [2.24, 2.45) is 0 Å². The highest BCUT2D eigenvalue weighted by molar-refractivity contribution is 6.30. The van der Waals surface area contributed by atoms with E-state index in [1.165, 1.54) is 0 Å². The quantitative estimate of drug-likeness (QED) is 0.753. The normalized spacial score (nSPS) is 21.8. The number of aromatic amines is 1. The van der Waals surface area contributed by atoms with E-state index in [0.29, 0.717) is 32.7 Å². The van der Waals surface area contributed by atoms with Crippen molar-refractivity contribution in [3.8, 4) is 0 Å². The highest BCUT2D eigenvalue weighted by atomic mass is 35.5. The van der Waals surface area contributed by atoms with Crippen molar-refractivity contribution in [3.63, 3.8) is 0 Å². The number of aromatic nitrogens is 2. The molecule has 2 aliphatic rings. The van der Waals surface area contributed by atoms with Crippen LogP contribution in [0.25, 0.3) is 0 Å². The molecule has 0 bridgehead atoms. The molecule has 2 saturated heterocycles. The molecule has 2 unspecified atom stereocenters. The zero-order valence-corrected chi connectivity index (χ0v) is 18.5. The topological polar surface area (TPSA) is 81.8 Å². The maximum atomic E-state index is 12.2. The number of hydrogen-bond acceptors (Lipinski definition) is 5. The Kier molecular flexibility index (Phi) is 6.61. The van der Waals surface area contributed by atoms with Crippen LogP contribution in [0, 0.1) is 0 Å². The van der Waals surface area contributed by atoms with Gasteiger partial charge in [0.2, 0.25) is 5.91 Å². The van der Waals surface area contributed by atoms with Crippen molar-refractivity contribution >= 4 is 29.4 Å². The summed E-state index contributed by atoms with van der Waals surface area (Å²) < 4.78 is 5.45. The van der Waals surface area contributed by atoms with Gasteiger partial charge in [0.1, 0.15) is 11.0 Å². The van der Waals surface area contributed by atoms with Gasteiger partial charge in [0.25, 0.3) is 0 Å². The minimum Gasteiger partial charge on any atom is -0.444 e. The summed E-state index contributed by atoms with van der Waals surface area (Å²) in [7, 11) is 0. The lowest BCUT2D eigenvalue weighted by atomic mass is 9.94. The molecule has 0 saturated carbocycles. The van der Waals surface area contributed by atoms with Crippen LogP contribution in [0.3, 0.4) is 0 Å². The lowest BCUT2D eigenvalue weighted by Crippen LogP contribution is -2.50. The molecule has 0 aromatic carbocycles. The number of ether oxygens (including phenoxy) is 1. The van der Waals surface area contributed by atoms with E-state index >= 15 is 0 Å². The van der Waals surface area contributed by atoms with Crippen LogP contribution in [0.2, 0.25) is 0 Å². The number of rotatable bonds is 3. The van der Waals surface area contributed by atoms with Gasteiger partial charge >= 0.3 is 6.09 Å². The highest BCUT2D eigenvalue weighted by Gasteiger charge is 2.30. The Hall–Kier alpha value is -1.96. The molecule has 162 valence electrons. The molecule has 1 N–H and O–H groups in total. The molecule has 29 heavy (non-hydrogen) atoms. The highest BCUT2D eigenvalue weighted by Crippen LogP contribution is 2.28. The summed E-state index contributed by atoms with van der Waals surface area (Å²) in [4.78, 5) is 30.2. The lowest BCUT2D eigenvalue weighted by Gasteiger charge is -2.35. The Morgan fingerprint density at radius 1 is 1.21 bits per heavy atom. The molecule has 2 amide bonds. The van der Waals surface area contributed by atoms with Gasteiger partial charge in [0.05, 0.1) is 0 Å². The molecule has 2 aliphatic heterocycles. The van der Waals surface area contributed by atoms with Crippen LogP contribution in [-0.4, -0.2) is 82.2 Å². The molecule has 2 fully saturated rings. The molecule has 0 aliphatic carbocycles. The Balaban J connectivity index is 1.56. The third kappa shape index (κ3) is 5.56.